The lowest BCUT2D eigenvalue weighted by Gasteiger charge is -2.09. The number of methoxy groups -OCH3 is 1. The molecule has 1 rings (SSSR count). The van der Waals surface area contributed by atoms with Crippen molar-refractivity contribution in [3.63, 3.8) is 0 Å². The molecule has 0 heterocycles. The maximum atomic E-state index is 11.0. The maximum absolute atomic E-state index is 11.0. The smallest absolute Gasteiger partial charge is 0.309 e. The van der Waals surface area contributed by atoms with E-state index in [0.29, 0.717) is 12.8 Å². The van der Waals surface area contributed by atoms with E-state index in [2.05, 4.69) is 4.74 Å². The molecule has 0 unspecified atom stereocenters. The Kier molecular flexibility index (Phi) is 2.27. The molecule has 62 valence electrons. The monoisotopic (exact) mass is 156 g/mol. The molecule has 0 aliphatic heterocycles. The van der Waals surface area contributed by atoms with E-state index in [1.54, 1.807) is 6.92 Å². The third-order valence-corrected chi connectivity index (χ3v) is 2.32. The number of hydrogen-bond acceptors (Lipinski definition) is 3. The highest BCUT2D eigenvalue weighted by molar-refractivity contribution is 5.89. The summed E-state index contributed by atoms with van der Waals surface area (Å²) in [6, 6.07) is 0. The Labute approximate surface area is 65.7 Å². The standard InChI is InChI=1S/C8H12O3/c1-5-6(8(10)11-2)3-4-7(5)9/h5-6H,3-4H2,1-2H3/t5-,6+/m1/s1. The van der Waals surface area contributed by atoms with Crippen LogP contribution in [0.1, 0.15) is 19.8 Å². The SMILES string of the molecule is COC(=O)[C@H]1CCC(=O)[C@@H]1C. The Bertz CT molecular complexity index is 186. The van der Waals surface area contributed by atoms with Crippen LogP contribution in [0, 0.1) is 11.8 Å². The first-order valence-electron chi connectivity index (χ1n) is 3.77. The van der Waals surface area contributed by atoms with Gasteiger partial charge in [0.1, 0.15) is 5.78 Å². The van der Waals surface area contributed by atoms with E-state index >= 15 is 0 Å². The highest BCUT2D eigenvalue weighted by Crippen LogP contribution is 2.28. The van der Waals surface area contributed by atoms with Crippen LogP contribution in [0.5, 0.6) is 0 Å². The Morgan fingerprint density at radius 2 is 2.27 bits per heavy atom. The van der Waals surface area contributed by atoms with E-state index < -0.39 is 0 Å². The second kappa shape index (κ2) is 3.03. The Morgan fingerprint density at radius 1 is 1.64 bits per heavy atom. The van der Waals surface area contributed by atoms with Crippen molar-refractivity contribution < 1.29 is 14.3 Å². The van der Waals surface area contributed by atoms with Crippen LogP contribution in [0.25, 0.3) is 0 Å². The van der Waals surface area contributed by atoms with Gasteiger partial charge in [0.15, 0.2) is 0 Å². The quantitative estimate of drug-likeness (QED) is 0.527. The predicted molar refractivity (Wildman–Crippen MR) is 38.9 cm³/mol. The van der Waals surface area contributed by atoms with Crippen LogP contribution in [0.2, 0.25) is 0 Å². The minimum Gasteiger partial charge on any atom is -0.469 e. The summed E-state index contributed by atoms with van der Waals surface area (Å²) in [6.07, 6.45) is 1.19. The summed E-state index contributed by atoms with van der Waals surface area (Å²) in [6.45, 7) is 1.79. The molecule has 0 radical (unpaired) electrons. The van der Waals surface area contributed by atoms with Gasteiger partial charge in [0.05, 0.1) is 13.0 Å². The number of esters is 1. The summed E-state index contributed by atoms with van der Waals surface area (Å²) in [5, 5.41) is 0. The third kappa shape index (κ3) is 1.42. The van der Waals surface area contributed by atoms with Gasteiger partial charge in [-0.25, -0.2) is 0 Å². The predicted octanol–water partition coefficient (Wildman–Crippen LogP) is 0.775. The van der Waals surface area contributed by atoms with Crippen LogP contribution in [0.3, 0.4) is 0 Å². The Balaban J connectivity index is 2.61. The molecule has 0 amide bonds. The van der Waals surface area contributed by atoms with Gasteiger partial charge in [-0.1, -0.05) is 6.92 Å². The Morgan fingerprint density at radius 3 is 2.64 bits per heavy atom. The van der Waals surface area contributed by atoms with Gasteiger partial charge in [0, 0.05) is 12.3 Å². The minimum absolute atomic E-state index is 0.137. The fourth-order valence-electron chi connectivity index (χ4n) is 1.47. The second-order valence-electron chi connectivity index (χ2n) is 2.92. The number of carbonyl (C=O) groups excluding carboxylic acids is 2. The summed E-state index contributed by atoms with van der Waals surface area (Å²) in [5.74, 6) is -0.390. The van der Waals surface area contributed by atoms with Gasteiger partial charge in [-0.05, 0) is 6.42 Å². The molecular formula is C8H12O3. The molecule has 0 bridgehead atoms. The highest BCUT2D eigenvalue weighted by Gasteiger charge is 2.36. The molecule has 1 aliphatic rings. The largest absolute Gasteiger partial charge is 0.469 e. The molecule has 3 nitrogen and oxygen atoms in total. The van der Waals surface area contributed by atoms with Gasteiger partial charge in [-0.3, -0.25) is 9.59 Å². The summed E-state index contributed by atoms with van der Waals surface area (Å²) < 4.78 is 4.56. The number of ketones is 1. The van der Waals surface area contributed by atoms with Gasteiger partial charge in [-0.2, -0.15) is 0 Å². The summed E-state index contributed by atoms with van der Waals surface area (Å²) >= 11 is 0. The highest BCUT2D eigenvalue weighted by atomic mass is 16.5. The molecule has 0 aromatic heterocycles. The van der Waals surface area contributed by atoms with Gasteiger partial charge in [-0.15, -0.1) is 0 Å². The molecular weight excluding hydrogens is 144 g/mol. The van der Waals surface area contributed by atoms with E-state index in [0.717, 1.165) is 0 Å². The third-order valence-electron chi connectivity index (χ3n) is 2.32. The van der Waals surface area contributed by atoms with Crippen LogP contribution in [-0.2, 0) is 14.3 Å². The van der Waals surface area contributed by atoms with Crippen LogP contribution >= 0.6 is 0 Å². The zero-order valence-corrected chi connectivity index (χ0v) is 6.79. The van der Waals surface area contributed by atoms with Gasteiger partial charge in [0.2, 0.25) is 0 Å². The average Bonchev–Trinajstić information content (AvgIpc) is 2.32. The van der Waals surface area contributed by atoms with Crippen molar-refractivity contribution in [2.75, 3.05) is 7.11 Å². The molecule has 1 fully saturated rings. The number of ether oxygens (including phenoxy) is 1. The molecule has 1 aliphatic carbocycles. The van der Waals surface area contributed by atoms with E-state index in [-0.39, 0.29) is 23.6 Å². The van der Waals surface area contributed by atoms with Gasteiger partial charge < -0.3 is 4.74 Å². The lowest BCUT2D eigenvalue weighted by Crippen LogP contribution is -2.20. The van der Waals surface area contributed by atoms with Crippen LogP contribution in [0.15, 0.2) is 0 Å². The normalized spacial score (nSPS) is 30.5. The van der Waals surface area contributed by atoms with Crippen LogP contribution in [0.4, 0.5) is 0 Å². The molecule has 0 aromatic carbocycles. The van der Waals surface area contributed by atoms with Crippen molar-refractivity contribution in [2.24, 2.45) is 11.8 Å². The summed E-state index contributed by atoms with van der Waals surface area (Å²) in [5.41, 5.74) is 0. The Hall–Kier alpha value is -0.860. The zero-order chi connectivity index (χ0) is 8.43. The molecule has 0 spiro atoms. The van der Waals surface area contributed by atoms with Crippen molar-refractivity contribution in [1.82, 2.24) is 0 Å². The lowest BCUT2D eigenvalue weighted by molar-refractivity contribution is -0.147. The number of rotatable bonds is 1. The van der Waals surface area contributed by atoms with E-state index in [4.69, 9.17) is 0 Å². The van der Waals surface area contributed by atoms with Crippen molar-refractivity contribution in [1.29, 1.82) is 0 Å². The topological polar surface area (TPSA) is 43.4 Å². The molecule has 11 heavy (non-hydrogen) atoms. The van der Waals surface area contributed by atoms with Crippen molar-refractivity contribution in [3.05, 3.63) is 0 Å². The van der Waals surface area contributed by atoms with E-state index in [9.17, 15) is 9.59 Å². The second-order valence-corrected chi connectivity index (χ2v) is 2.92. The first kappa shape index (κ1) is 8.24. The molecule has 3 heteroatoms. The molecule has 0 aromatic rings. The fraction of sp³-hybridized carbons (Fsp3) is 0.750. The molecule has 1 saturated carbocycles. The first-order valence-corrected chi connectivity index (χ1v) is 3.77. The van der Waals surface area contributed by atoms with E-state index in [1.165, 1.54) is 7.11 Å². The van der Waals surface area contributed by atoms with E-state index in [1.807, 2.05) is 0 Å². The van der Waals surface area contributed by atoms with Crippen molar-refractivity contribution in [3.8, 4) is 0 Å². The first-order chi connectivity index (χ1) is 5.16. The molecule has 0 saturated heterocycles. The van der Waals surface area contributed by atoms with Crippen molar-refractivity contribution >= 4 is 11.8 Å². The fourth-order valence-corrected chi connectivity index (χ4v) is 1.47. The maximum Gasteiger partial charge on any atom is 0.309 e. The average molecular weight is 156 g/mol. The minimum atomic E-state index is -0.247. The number of Topliss-reactive ketones (excluding diaryl/α,β-unsaturated/α-hetero) is 1. The van der Waals surface area contributed by atoms with Crippen molar-refractivity contribution in [2.45, 2.75) is 19.8 Å². The van der Waals surface area contributed by atoms with Crippen LogP contribution in [-0.4, -0.2) is 18.9 Å². The molecule has 0 N–H and O–H groups in total. The number of hydrogen-bond donors (Lipinski definition) is 0. The van der Waals surface area contributed by atoms with Gasteiger partial charge in [0.25, 0.3) is 0 Å². The summed E-state index contributed by atoms with van der Waals surface area (Å²) in [4.78, 5) is 22.0. The zero-order valence-electron chi connectivity index (χ0n) is 6.79. The van der Waals surface area contributed by atoms with Gasteiger partial charge >= 0.3 is 5.97 Å². The summed E-state index contributed by atoms with van der Waals surface area (Å²) in [7, 11) is 1.36. The van der Waals surface area contributed by atoms with Crippen LogP contribution < -0.4 is 0 Å². The number of carbonyl (C=O) groups is 2. The lowest BCUT2D eigenvalue weighted by atomic mass is 9.98. The molecule has 2 atom stereocenters.